The van der Waals surface area contributed by atoms with Crippen molar-refractivity contribution in [2.24, 2.45) is 0 Å². The van der Waals surface area contributed by atoms with Gasteiger partial charge in [0.2, 0.25) is 5.43 Å². The lowest BCUT2D eigenvalue weighted by Crippen LogP contribution is -2.45. The summed E-state index contributed by atoms with van der Waals surface area (Å²) >= 11 is 0. The van der Waals surface area contributed by atoms with Gasteiger partial charge in [-0.15, -0.1) is 0 Å². The average molecular weight is 523 g/mol. The minimum atomic E-state index is -0.672. The first-order valence-electron chi connectivity index (χ1n) is 12.5. The van der Waals surface area contributed by atoms with Gasteiger partial charge in [-0.3, -0.25) is 25.2 Å². The Balaban J connectivity index is 1.49. The van der Waals surface area contributed by atoms with Crippen LogP contribution in [0.15, 0.2) is 41.3 Å². The summed E-state index contributed by atoms with van der Waals surface area (Å²) in [6.07, 6.45) is 1.51. The van der Waals surface area contributed by atoms with E-state index < -0.39 is 17.2 Å². The van der Waals surface area contributed by atoms with Crippen molar-refractivity contribution in [1.82, 2.24) is 19.8 Å². The molecule has 2 amide bonds. The number of nitrogens with one attached hydrogen (secondary N) is 2. The molecule has 200 valence electrons. The Labute approximate surface area is 219 Å². The zero-order valence-electron chi connectivity index (χ0n) is 21.9. The third kappa shape index (κ3) is 4.53. The molecule has 1 atom stereocenters. The third-order valence-electron chi connectivity index (χ3n) is 7.04. The van der Waals surface area contributed by atoms with Gasteiger partial charge in [0, 0.05) is 52.0 Å². The second-order valence-corrected chi connectivity index (χ2v) is 10.0. The van der Waals surface area contributed by atoms with Crippen LogP contribution in [0.1, 0.15) is 33.7 Å². The van der Waals surface area contributed by atoms with Crippen LogP contribution in [-0.4, -0.2) is 80.1 Å². The van der Waals surface area contributed by atoms with Gasteiger partial charge in [-0.25, -0.2) is 4.39 Å². The fraction of sp³-hybridized carbons (Fsp3) is 0.370. The molecule has 0 saturated carbocycles. The number of likely N-dealkylation sites (N-methyl/N-ethyl adjacent to an activating group) is 1. The molecule has 0 radical (unpaired) electrons. The van der Waals surface area contributed by atoms with Crippen LogP contribution in [-0.2, 0) is 0 Å². The lowest BCUT2D eigenvalue weighted by atomic mass is 10.0. The SMILES string of the molecule is C[C@H]1COc2c(N3CCN(C)CC3)c(F)cc3c(=O)c(C(=O)NNc4cccc(C(=O)N(C)C)c4)cn1c23. The van der Waals surface area contributed by atoms with Gasteiger partial charge >= 0.3 is 0 Å². The number of aromatic nitrogens is 1. The molecule has 0 spiro atoms. The van der Waals surface area contributed by atoms with E-state index in [1.54, 1.807) is 38.4 Å². The van der Waals surface area contributed by atoms with Gasteiger partial charge in [0.05, 0.1) is 22.6 Å². The summed E-state index contributed by atoms with van der Waals surface area (Å²) in [6.45, 7) is 5.06. The number of hydrogen-bond donors (Lipinski definition) is 2. The van der Waals surface area contributed by atoms with Crippen LogP contribution in [0.4, 0.5) is 15.8 Å². The number of carbonyl (C=O) groups is 2. The van der Waals surface area contributed by atoms with Crippen LogP contribution in [0.25, 0.3) is 10.9 Å². The van der Waals surface area contributed by atoms with Crippen molar-refractivity contribution in [1.29, 1.82) is 0 Å². The zero-order chi connectivity index (χ0) is 27.1. The summed E-state index contributed by atoms with van der Waals surface area (Å²) in [5.41, 5.74) is 6.34. The van der Waals surface area contributed by atoms with Crippen molar-refractivity contribution in [3.63, 3.8) is 0 Å². The van der Waals surface area contributed by atoms with E-state index in [1.165, 1.54) is 17.2 Å². The number of carbonyl (C=O) groups excluding carboxylic acids is 2. The molecule has 3 heterocycles. The van der Waals surface area contributed by atoms with Gasteiger partial charge in [-0.1, -0.05) is 6.07 Å². The third-order valence-corrected chi connectivity index (χ3v) is 7.04. The lowest BCUT2D eigenvalue weighted by Gasteiger charge is -2.37. The summed E-state index contributed by atoms with van der Waals surface area (Å²) < 4.78 is 23.3. The number of piperazine rings is 1. The first-order valence-corrected chi connectivity index (χ1v) is 12.5. The van der Waals surface area contributed by atoms with Crippen molar-refractivity contribution < 1.29 is 18.7 Å². The molecule has 0 bridgehead atoms. The Morgan fingerprint density at radius 3 is 2.58 bits per heavy atom. The number of hydrogen-bond acceptors (Lipinski definition) is 7. The Morgan fingerprint density at radius 2 is 1.87 bits per heavy atom. The van der Waals surface area contributed by atoms with Gasteiger partial charge < -0.3 is 24.0 Å². The van der Waals surface area contributed by atoms with Crippen LogP contribution < -0.4 is 25.9 Å². The largest absolute Gasteiger partial charge is 0.487 e. The molecular formula is C27H31FN6O4. The minimum absolute atomic E-state index is 0.0909. The van der Waals surface area contributed by atoms with Crippen molar-refractivity contribution in [2.45, 2.75) is 13.0 Å². The Hall–Kier alpha value is -4.12. The summed E-state index contributed by atoms with van der Waals surface area (Å²) in [6, 6.07) is 7.68. The number of rotatable bonds is 5. The van der Waals surface area contributed by atoms with E-state index in [9.17, 15) is 14.4 Å². The van der Waals surface area contributed by atoms with Crippen molar-refractivity contribution in [3.8, 4) is 5.75 Å². The normalized spacial score (nSPS) is 17.2. The van der Waals surface area contributed by atoms with Gasteiger partial charge in [0.15, 0.2) is 11.6 Å². The van der Waals surface area contributed by atoms with E-state index in [1.807, 2.05) is 23.4 Å². The number of ether oxygens (including phenoxy) is 1. The molecule has 0 unspecified atom stereocenters. The number of anilines is 2. The first-order chi connectivity index (χ1) is 18.2. The molecule has 2 N–H and O–H groups in total. The van der Waals surface area contributed by atoms with Crippen LogP contribution in [0.3, 0.4) is 0 Å². The topological polar surface area (TPSA) is 99.1 Å². The maximum atomic E-state index is 15.5. The maximum Gasteiger partial charge on any atom is 0.275 e. The highest BCUT2D eigenvalue weighted by molar-refractivity contribution is 6.00. The molecule has 2 aliphatic heterocycles. The first kappa shape index (κ1) is 25.5. The standard InChI is InChI=1S/C27H31FN6O4/c1-16-15-38-25-22-19(13-21(28)23(25)33-10-8-32(4)9-11-33)24(35)20(14-34(16)22)26(36)30-29-18-7-5-6-17(12-18)27(37)31(2)3/h5-7,12-14,16,29H,8-11,15H2,1-4H3,(H,30,36)/t16-/m0/s1. The zero-order valence-corrected chi connectivity index (χ0v) is 21.9. The van der Waals surface area contributed by atoms with Gasteiger partial charge in [-0.05, 0) is 38.2 Å². The smallest absolute Gasteiger partial charge is 0.275 e. The second-order valence-electron chi connectivity index (χ2n) is 10.0. The highest BCUT2D eigenvalue weighted by atomic mass is 19.1. The van der Waals surface area contributed by atoms with E-state index >= 15 is 4.39 Å². The monoisotopic (exact) mass is 522 g/mol. The predicted octanol–water partition coefficient (Wildman–Crippen LogP) is 2.30. The number of halogens is 1. The highest BCUT2D eigenvalue weighted by Crippen LogP contribution is 2.42. The fourth-order valence-electron chi connectivity index (χ4n) is 4.88. The molecule has 0 aliphatic carbocycles. The van der Waals surface area contributed by atoms with Crippen molar-refractivity contribution >= 4 is 34.1 Å². The number of amides is 2. The number of nitrogens with zero attached hydrogens (tertiary/aromatic N) is 4. The lowest BCUT2D eigenvalue weighted by molar-refractivity contribution is 0.0827. The summed E-state index contributed by atoms with van der Waals surface area (Å²) in [4.78, 5) is 44.4. The fourth-order valence-corrected chi connectivity index (χ4v) is 4.88. The molecule has 10 nitrogen and oxygen atoms in total. The van der Waals surface area contributed by atoms with Crippen molar-refractivity contribution in [3.05, 3.63) is 63.7 Å². The predicted molar refractivity (Wildman–Crippen MR) is 144 cm³/mol. The highest BCUT2D eigenvalue weighted by Gasteiger charge is 2.31. The van der Waals surface area contributed by atoms with E-state index in [0.29, 0.717) is 41.3 Å². The second kappa shape index (κ2) is 9.97. The number of pyridine rings is 1. The number of hydrazine groups is 1. The van der Waals surface area contributed by atoms with Gasteiger partial charge in [0.1, 0.15) is 17.9 Å². The molecule has 2 aliphatic rings. The number of benzene rings is 2. The molecule has 1 fully saturated rings. The molecule has 1 aromatic heterocycles. The van der Waals surface area contributed by atoms with E-state index in [2.05, 4.69) is 15.8 Å². The van der Waals surface area contributed by atoms with Crippen LogP contribution >= 0.6 is 0 Å². The van der Waals surface area contributed by atoms with E-state index in [-0.39, 0.29) is 29.5 Å². The summed E-state index contributed by atoms with van der Waals surface area (Å²) in [5, 5.41) is 0.0909. The van der Waals surface area contributed by atoms with E-state index in [0.717, 1.165) is 13.1 Å². The van der Waals surface area contributed by atoms with Gasteiger partial charge in [0.25, 0.3) is 11.8 Å². The summed E-state index contributed by atoms with van der Waals surface area (Å²) in [7, 11) is 5.33. The van der Waals surface area contributed by atoms with Gasteiger partial charge in [-0.2, -0.15) is 0 Å². The quantitative estimate of drug-likeness (QED) is 0.496. The Morgan fingerprint density at radius 1 is 1.13 bits per heavy atom. The summed E-state index contributed by atoms with van der Waals surface area (Å²) in [5.74, 6) is -1.06. The maximum absolute atomic E-state index is 15.5. The molecular weight excluding hydrogens is 491 g/mol. The molecule has 11 heteroatoms. The molecule has 1 saturated heterocycles. The molecule has 2 aromatic carbocycles. The molecule has 5 rings (SSSR count). The van der Waals surface area contributed by atoms with Crippen LogP contribution in [0, 0.1) is 5.82 Å². The van der Waals surface area contributed by atoms with E-state index in [4.69, 9.17) is 4.74 Å². The van der Waals surface area contributed by atoms with Crippen LogP contribution in [0.2, 0.25) is 0 Å². The van der Waals surface area contributed by atoms with Crippen LogP contribution in [0.5, 0.6) is 5.75 Å². The average Bonchev–Trinajstić information content (AvgIpc) is 2.90. The molecule has 38 heavy (non-hydrogen) atoms. The molecule has 3 aromatic rings. The minimum Gasteiger partial charge on any atom is -0.487 e. The Bertz CT molecular complexity index is 1480. The Kier molecular flexibility index (Phi) is 6.70. The van der Waals surface area contributed by atoms with Crippen molar-refractivity contribution in [2.75, 3.05) is 64.3 Å².